The summed E-state index contributed by atoms with van der Waals surface area (Å²) in [6.07, 6.45) is 4.00. The lowest BCUT2D eigenvalue weighted by Gasteiger charge is -2.44. The molecule has 3 nitrogen and oxygen atoms in total. The van der Waals surface area contributed by atoms with E-state index in [1.54, 1.807) is 0 Å². The van der Waals surface area contributed by atoms with Crippen molar-refractivity contribution in [3.8, 4) is 0 Å². The van der Waals surface area contributed by atoms with Crippen molar-refractivity contribution < 1.29 is 0 Å². The Labute approximate surface area is 132 Å². The minimum absolute atomic E-state index is 0.462. The summed E-state index contributed by atoms with van der Waals surface area (Å²) in [5, 5.41) is 3.86. The third-order valence-electron chi connectivity index (χ3n) is 6.02. The van der Waals surface area contributed by atoms with E-state index in [0.29, 0.717) is 23.5 Å². The molecule has 0 amide bonds. The third-order valence-corrected chi connectivity index (χ3v) is 6.02. The number of nitrogens with one attached hydrogen (secondary N) is 1. The Morgan fingerprint density at radius 2 is 1.76 bits per heavy atom. The number of hydrogen-bond acceptors (Lipinski definition) is 3. The van der Waals surface area contributed by atoms with Crippen molar-refractivity contribution in [1.29, 1.82) is 0 Å². The van der Waals surface area contributed by atoms with E-state index in [1.165, 1.54) is 45.4 Å². The van der Waals surface area contributed by atoms with Crippen LogP contribution in [-0.4, -0.2) is 61.2 Å². The molecule has 1 saturated heterocycles. The molecule has 2 aliphatic rings. The molecular weight excluding hydrogens is 258 g/mol. The summed E-state index contributed by atoms with van der Waals surface area (Å²) in [5.74, 6) is 0.828. The molecule has 1 aliphatic carbocycles. The van der Waals surface area contributed by atoms with E-state index in [0.717, 1.165) is 5.92 Å². The first-order valence-electron chi connectivity index (χ1n) is 9.02. The van der Waals surface area contributed by atoms with Crippen LogP contribution in [0.4, 0.5) is 0 Å². The normalized spacial score (nSPS) is 38.0. The fourth-order valence-corrected chi connectivity index (χ4v) is 4.45. The van der Waals surface area contributed by atoms with E-state index in [-0.39, 0.29) is 0 Å². The SMILES string of the molecule is CCCNC1C(CN2CC(C)N(C)C(C)C2)CCC1(C)C. The van der Waals surface area contributed by atoms with Gasteiger partial charge in [0.1, 0.15) is 0 Å². The van der Waals surface area contributed by atoms with E-state index in [2.05, 4.69) is 56.8 Å². The molecule has 2 rings (SSSR count). The zero-order chi connectivity index (χ0) is 15.6. The van der Waals surface area contributed by atoms with Gasteiger partial charge in [-0.1, -0.05) is 20.8 Å². The summed E-state index contributed by atoms with van der Waals surface area (Å²) in [4.78, 5) is 5.25. The van der Waals surface area contributed by atoms with Gasteiger partial charge in [-0.05, 0) is 58.0 Å². The molecule has 0 aromatic heterocycles. The first-order chi connectivity index (χ1) is 9.85. The number of nitrogens with zero attached hydrogens (tertiary/aromatic N) is 2. The summed E-state index contributed by atoms with van der Waals surface area (Å²) >= 11 is 0. The topological polar surface area (TPSA) is 18.5 Å². The number of hydrogen-bond donors (Lipinski definition) is 1. The highest BCUT2D eigenvalue weighted by Crippen LogP contribution is 2.41. The molecule has 0 aromatic rings. The Morgan fingerprint density at radius 1 is 1.14 bits per heavy atom. The van der Waals surface area contributed by atoms with Gasteiger partial charge in [0.25, 0.3) is 0 Å². The minimum atomic E-state index is 0.462. The summed E-state index contributed by atoms with van der Waals surface area (Å²) in [6, 6.07) is 2.07. The predicted molar refractivity (Wildman–Crippen MR) is 91.7 cm³/mol. The van der Waals surface area contributed by atoms with E-state index >= 15 is 0 Å². The monoisotopic (exact) mass is 295 g/mol. The molecule has 4 atom stereocenters. The van der Waals surface area contributed by atoms with Crippen LogP contribution in [0.25, 0.3) is 0 Å². The lowest BCUT2D eigenvalue weighted by molar-refractivity contribution is 0.0463. The van der Waals surface area contributed by atoms with Crippen molar-refractivity contribution in [2.75, 3.05) is 33.2 Å². The van der Waals surface area contributed by atoms with Crippen LogP contribution in [0.15, 0.2) is 0 Å². The molecule has 124 valence electrons. The summed E-state index contributed by atoms with van der Waals surface area (Å²) in [5.41, 5.74) is 0.462. The smallest absolute Gasteiger partial charge is 0.0195 e. The molecule has 0 radical (unpaired) electrons. The molecule has 0 spiro atoms. The van der Waals surface area contributed by atoms with E-state index in [1.807, 2.05) is 0 Å². The Bertz CT molecular complexity index is 316. The van der Waals surface area contributed by atoms with Crippen LogP contribution >= 0.6 is 0 Å². The van der Waals surface area contributed by atoms with Crippen molar-refractivity contribution in [1.82, 2.24) is 15.1 Å². The first kappa shape index (κ1) is 17.2. The van der Waals surface area contributed by atoms with Gasteiger partial charge in [0.2, 0.25) is 0 Å². The van der Waals surface area contributed by atoms with E-state index in [4.69, 9.17) is 0 Å². The van der Waals surface area contributed by atoms with Gasteiger partial charge in [0.15, 0.2) is 0 Å². The molecule has 21 heavy (non-hydrogen) atoms. The third kappa shape index (κ3) is 4.00. The van der Waals surface area contributed by atoms with Gasteiger partial charge in [-0.2, -0.15) is 0 Å². The molecule has 0 aromatic carbocycles. The highest BCUT2D eigenvalue weighted by atomic mass is 15.3. The number of piperazine rings is 1. The average molecular weight is 296 g/mol. The quantitative estimate of drug-likeness (QED) is 0.841. The first-order valence-corrected chi connectivity index (χ1v) is 9.02. The average Bonchev–Trinajstić information content (AvgIpc) is 2.68. The van der Waals surface area contributed by atoms with Crippen molar-refractivity contribution in [2.45, 2.75) is 72.0 Å². The Kier molecular flexibility index (Phi) is 5.72. The minimum Gasteiger partial charge on any atom is -0.313 e. The molecule has 1 heterocycles. The van der Waals surface area contributed by atoms with Crippen molar-refractivity contribution in [3.63, 3.8) is 0 Å². The summed E-state index contributed by atoms with van der Waals surface area (Å²) < 4.78 is 0. The highest BCUT2D eigenvalue weighted by molar-refractivity contribution is 4.98. The molecule has 1 N–H and O–H groups in total. The van der Waals surface area contributed by atoms with E-state index < -0.39 is 0 Å². The number of likely N-dealkylation sites (N-methyl/N-ethyl adjacent to an activating group) is 1. The van der Waals surface area contributed by atoms with Gasteiger partial charge in [-0.15, -0.1) is 0 Å². The maximum atomic E-state index is 3.86. The van der Waals surface area contributed by atoms with E-state index in [9.17, 15) is 0 Å². The second kappa shape index (κ2) is 6.97. The van der Waals surface area contributed by atoms with Gasteiger partial charge >= 0.3 is 0 Å². The molecule has 0 bridgehead atoms. The molecular formula is C18H37N3. The van der Waals surface area contributed by atoms with Crippen molar-refractivity contribution in [2.24, 2.45) is 11.3 Å². The van der Waals surface area contributed by atoms with Gasteiger partial charge in [0, 0.05) is 37.8 Å². The largest absolute Gasteiger partial charge is 0.313 e. The molecule has 4 unspecified atom stereocenters. The maximum absolute atomic E-state index is 3.86. The Balaban J connectivity index is 1.95. The molecule has 3 heteroatoms. The van der Waals surface area contributed by atoms with Gasteiger partial charge in [-0.25, -0.2) is 0 Å². The zero-order valence-corrected chi connectivity index (χ0v) is 15.2. The molecule has 1 aliphatic heterocycles. The molecule has 1 saturated carbocycles. The van der Waals surface area contributed by atoms with Gasteiger partial charge < -0.3 is 5.32 Å². The van der Waals surface area contributed by atoms with Crippen molar-refractivity contribution in [3.05, 3.63) is 0 Å². The van der Waals surface area contributed by atoms with Crippen molar-refractivity contribution >= 4 is 0 Å². The standard InChI is InChI=1S/C18H37N3/c1-7-10-19-17-16(8-9-18(17,4)5)13-21-11-14(2)20(6)15(3)12-21/h14-17,19H,7-13H2,1-6H3. The Morgan fingerprint density at radius 3 is 2.33 bits per heavy atom. The summed E-state index contributed by atoms with van der Waals surface area (Å²) in [6.45, 7) is 16.8. The fourth-order valence-electron chi connectivity index (χ4n) is 4.45. The second-order valence-electron chi connectivity index (χ2n) is 8.30. The number of rotatable bonds is 5. The van der Waals surface area contributed by atoms with Crippen LogP contribution in [0.5, 0.6) is 0 Å². The van der Waals surface area contributed by atoms with Crippen LogP contribution in [0.2, 0.25) is 0 Å². The fraction of sp³-hybridized carbons (Fsp3) is 1.00. The van der Waals surface area contributed by atoms with Crippen LogP contribution in [0.1, 0.15) is 53.9 Å². The van der Waals surface area contributed by atoms with Crippen LogP contribution in [-0.2, 0) is 0 Å². The predicted octanol–water partition coefficient (Wildman–Crippen LogP) is 2.82. The summed E-state index contributed by atoms with van der Waals surface area (Å²) in [7, 11) is 2.27. The molecule has 2 fully saturated rings. The highest BCUT2D eigenvalue weighted by Gasteiger charge is 2.42. The Hall–Kier alpha value is -0.120. The van der Waals surface area contributed by atoms with Gasteiger partial charge in [0.05, 0.1) is 0 Å². The maximum Gasteiger partial charge on any atom is 0.0195 e. The zero-order valence-electron chi connectivity index (χ0n) is 15.2. The van der Waals surface area contributed by atoms with Crippen LogP contribution in [0.3, 0.4) is 0 Å². The van der Waals surface area contributed by atoms with Crippen LogP contribution < -0.4 is 5.32 Å². The van der Waals surface area contributed by atoms with Gasteiger partial charge in [-0.3, -0.25) is 9.80 Å². The lowest BCUT2D eigenvalue weighted by Crippen LogP contribution is -2.56. The van der Waals surface area contributed by atoms with Crippen LogP contribution in [0, 0.1) is 11.3 Å². The second-order valence-corrected chi connectivity index (χ2v) is 8.30. The lowest BCUT2D eigenvalue weighted by atomic mass is 9.84.